The summed E-state index contributed by atoms with van der Waals surface area (Å²) in [7, 11) is 3.09. The van der Waals surface area contributed by atoms with Crippen molar-refractivity contribution in [3.8, 4) is 11.5 Å². The van der Waals surface area contributed by atoms with Crippen LogP contribution in [0.1, 0.15) is 16.7 Å². The summed E-state index contributed by atoms with van der Waals surface area (Å²) < 4.78 is 54.6. The molecule has 2 aromatic carbocycles. The average Bonchev–Trinajstić information content (AvgIpc) is 3.01. The highest BCUT2D eigenvalue weighted by molar-refractivity contribution is 5.75. The van der Waals surface area contributed by atoms with Crippen molar-refractivity contribution in [2.24, 2.45) is 11.8 Å². The normalized spacial score (nSPS) is 19.4. The molecule has 0 unspecified atom stereocenters. The van der Waals surface area contributed by atoms with Crippen molar-refractivity contribution in [3.63, 3.8) is 0 Å². The molecule has 2 atom stereocenters. The number of carbonyl (C=O) groups excluding carboxylic acids is 1. The van der Waals surface area contributed by atoms with Crippen molar-refractivity contribution in [1.82, 2.24) is 0 Å². The maximum Gasteiger partial charge on any atom is 0.416 e. The van der Waals surface area contributed by atoms with E-state index in [-0.39, 0.29) is 24.9 Å². The van der Waals surface area contributed by atoms with Gasteiger partial charge in [-0.3, -0.25) is 4.79 Å². The topological polar surface area (TPSA) is 44.8 Å². The van der Waals surface area contributed by atoms with Gasteiger partial charge in [-0.15, -0.1) is 0 Å². The van der Waals surface area contributed by atoms with Gasteiger partial charge in [-0.1, -0.05) is 24.3 Å². The van der Waals surface area contributed by atoms with E-state index in [4.69, 9.17) is 14.2 Å². The molecule has 7 heteroatoms. The average molecular weight is 394 g/mol. The van der Waals surface area contributed by atoms with Crippen LogP contribution in [0.3, 0.4) is 0 Å². The first-order chi connectivity index (χ1) is 13.3. The van der Waals surface area contributed by atoms with E-state index >= 15 is 0 Å². The van der Waals surface area contributed by atoms with Crippen molar-refractivity contribution >= 4 is 5.97 Å². The van der Waals surface area contributed by atoms with Crippen LogP contribution < -0.4 is 9.47 Å². The van der Waals surface area contributed by atoms with Crippen molar-refractivity contribution in [1.29, 1.82) is 0 Å². The number of esters is 1. The number of hydrogen-bond donors (Lipinski definition) is 0. The SMILES string of the molecule is COc1ccc(C[C@H]2COC(=O)[C@@H]2Cc2cccc(C(F)(F)F)c2)cc1OC. The van der Waals surface area contributed by atoms with E-state index in [0.29, 0.717) is 23.5 Å². The highest BCUT2D eigenvalue weighted by atomic mass is 19.4. The molecule has 1 heterocycles. The number of halogens is 3. The Morgan fingerprint density at radius 1 is 1.00 bits per heavy atom. The number of hydrogen-bond acceptors (Lipinski definition) is 4. The van der Waals surface area contributed by atoms with Crippen molar-refractivity contribution in [2.45, 2.75) is 19.0 Å². The highest BCUT2D eigenvalue weighted by Gasteiger charge is 2.37. The molecule has 0 radical (unpaired) electrons. The zero-order chi connectivity index (χ0) is 20.3. The molecule has 1 saturated heterocycles. The van der Waals surface area contributed by atoms with Gasteiger partial charge in [0.05, 0.1) is 32.3 Å². The quantitative estimate of drug-likeness (QED) is 0.686. The molecular weight excluding hydrogens is 373 g/mol. The second-order valence-corrected chi connectivity index (χ2v) is 6.79. The third-order valence-corrected chi connectivity index (χ3v) is 4.97. The van der Waals surface area contributed by atoms with Crippen LogP contribution >= 0.6 is 0 Å². The number of carbonyl (C=O) groups is 1. The van der Waals surface area contributed by atoms with Gasteiger partial charge in [-0.25, -0.2) is 0 Å². The van der Waals surface area contributed by atoms with Crippen LogP contribution in [0, 0.1) is 11.8 Å². The molecule has 3 rings (SSSR count). The van der Waals surface area contributed by atoms with Crippen LogP contribution in [-0.4, -0.2) is 26.8 Å². The number of methoxy groups -OCH3 is 2. The van der Waals surface area contributed by atoms with Gasteiger partial charge in [-0.2, -0.15) is 13.2 Å². The molecule has 28 heavy (non-hydrogen) atoms. The van der Waals surface area contributed by atoms with Crippen LogP contribution in [0.2, 0.25) is 0 Å². The fourth-order valence-corrected chi connectivity index (χ4v) is 3.49. The molecule has 1 aliphatic heterocycles. The Hall–Kier alpha value is -2.70. The van der Waals surface area contributed by atoms with Crippen LogP contribution in [0.25, 0.3) is 0 Å². The first-order valence-corrected chi connectivity index (χ1v) is 8.85. The van der Waals surface area contributed by atoms with E-state index in [1.54, 1.807) is 26.4 Å². The Bertz CT molecular complexity index is 848. The van der Waals surface area contributed by atoms with Gasteiger partial charge in [0.1, 0.15) is 0 Å². The largest absolute Gasteiger partial charge is 0.493 e. The molecule has 2 aromatic rings. The molecule has 0 spiro atoms. The summed E-state index contributed by atoms with van der Waals surface area (Å²) >= 11 is 0. The standard InChI is InChI=1S/C21H21F3O4/c1-26-18-7-6-14(11-19(18)27-2)8-15-12-28-20(25)17(15)10-13-4-3-5-16(9-13)21(22,23)24/h3-7,9,11,15,17H,8,10,12H2,1-2H3/t15-,17+/m0/s1. The summed E-state index contributed by atoms with van der Waals surface area (Å²) in [6.45, 7) is 0.247. The van der Waals surface area contributed by atoms with Gasteiger partial charge in [0.25, 0.3) is 0 Å². The summed E-state index contributed by atoms with van der Waals surface area (Å²) in [5.74, 6) is 0.199. The van der Waals surface area contributed by atoms with Crippen LogP contribution in [0.15, 0.2) is 42.5 Å². The molecule has 0 amide bonds. The van der Waals surface area contributed by atoms with Gasteiger partial charge in [-0.05, 0) is 42.2 Å². The van der Waals surface area contributed by atoms with Gasteiger partial charge < -0.3 is 14.2 Å². The lowest BCUT2D eigenvalue weighted by Crippen LogP contribution is -2.21. The zero-order valence-electron chi connectivity index (χ0n) is 15.6. The van der Waals surface area contributed by atoms with Crippen LogP contribution in [0.5, 0.6) is 11.5 Å². The predicted molar refractivity (Wildman–Crippen MR) is 96.3 cm³/mol. The molecule has 4 nitrogen and oxygen atoms in total. The zero-order valence-corrected chi connectivity index (χ0v) is 15.6. The lowest BCUT2D eigenvalue weighted by molar-refractivity contribution is -0.141. The lowest BCUT2D eigenvalue weighted by Gasteiger charge is -2.17. The smallest absolute Gasteiger partial charge is 0.416 e. The minimum absolute atomic E-state index is 0.125. The number of ether oxygens (including phenoxy) is 3. The van der Waals surface area contributed by atoms with Crippen LogP contribution in [-0.2, 0) is 28.5 Å². The minimum Gasteiger partial charge on any atom is -0.493 e. The maximum absolute atomic E-state index is 12.9. The van der Waals surface area contributed by atoms with E-state index in [9.17, 15) is 18.0 Å². The summed E-state index contributed by atoms with van der Waals surface area (Å²) in [6.07, 6.45) is -3.65. The molecule has 1 fully saturated rings. The summed E-state index contributed by atoms with van der Waals surface area (Å²) in [6, 6.07) is 10.6. The lowest BCUT2D eigenvalue weighted by atomic mass is 9.84. The Morgan fingerprint density at radius 3 is 2.39 bits per heavy atom. The number of rotatable bonds is 6. The number of alkyl halides is 3. The summed E-state index contributed by atoms with van der Waals surface area (Å²) in [5, 5.41) is 0. The molecule has 0 aliphatic carbocycles. The first kappa shape index (κ1) is 20.0. The molecule has 0 aromatic heterocycles. The van der Waals surface area contributed by atoms with Gasteiger partial charge in [0.2, 0.25) is 0 Å². The predicted octanol–water partition coefficient (Wildman–Crippen LogP) is 4.30. The fraction of sp³-hybridized carbons (Fsp3) is 0.381. The van der Waals surface area contributed by atoms with Gasteiger partial charge in [0.15, 0.2) is 11.5 Å². The van der Waals surface area contributed by atoms with Gasteiger partial charge >= 0.3 is 12.1 Å². The molecule has 0 N–H and O–H groups in total. The Kier molecular flexibility index (Phi) is 5.82. The molecule has 150 valence electrons. The van der Waals surface area contributed by atoms with Crippen molar-refractivity contribution in [3.05, 3.63) is 59.2 Å². The van der Waals surface area contributed by atoms with Crippen LogP contribution in [0.4, 0.5) is 13.2 Å². The first-order valence-electron chi connectivity index (χ1n) is 8.85. The molecule has 1 aliphatic rings. The van der Waals surface area contributed by atoms with Crippen molar-refractivity contribution < 1.29 is 32.2 Å². The van der Waals surface area contributed by atoms with E-state index < -0.39 is 17.7 Å². The number of cyclic esters (lactones) is 1. The molecular formula is C21H21F3O4. The van der Waals surface area contributed by atoms with E-state index in [2.05, 4.69) is 0 Å². The Labute approximate surface area is 161 Å². The maximum atomic E-state index is 12.9. The van der Waals surface area contributed by atoms with Gasteiger partial charge in [0, 0.05) is 5.92 Å². The second-order valence-electron chi connectivity index (χ2n) is 6.79. The third kappa shape index (κ3) is 4.40. The molecule has 0 saturated carbocycles. The molecule has 0 bridgehead atoms. The summed E-state index contributed by atoms with van der Waals surface area (Å²) in [4.78, 5) is 12.2. The minimum atomic E-state index is -4.41. The Balaban J connectivity index is 1.77. The second kappa shape index (κ2) is 8.12. The highest BCUT2D eigenvalue weighted by Crippen LogP contribution is 2.34. The monoisotopic (exact) mass is 394 g/mol. The summed E-state index contributed by atoms with van der Waals surface area (Å²) in [5.41, 5.74) is 0.693. The fourth-order valence-electron chi connectivity index (χ4n) is 3.49. The van der Waals surface area contributed by atoms with E-state index in [0.717, 1.165) is 17.7 Å². The van der Waals surface area contributed by atoms with Crippen molar-refractivity contribution in [2.75, 3.05) is 20.8 Å². The third-order valence-electron chi connectivity index (χ3n) is 4.97. The van der Waals surface area contributed by atoms with E-state index in [1.807, 2.05) is 12.1 Å². The Morgan fingerprint density at radius 2 is 1.71 bits per heavy atom. The van der Waals surface area contributed by atoms with E-state index in [1.165, 1.54) is 6.07 Å². The number of benzene rings is 2.